The predicted octanol–water partition coefficient (Wildman–Crippen LogP) is 3.48. The maximum Gasteiger partial charge on any atom is 0.214 e. The van der Waals surface area contributed by atoms with Gasteiger partial charge in [0.2, 0.25) is 10.0 Å². The molecular formula is C24H26FN3O4S. The molecule has 2 fully saturated rings. The zero-order valence-electron chi connectivity index (χ0n) is 18.1. The lowest BCUT2D eigenvalue weighted by Gasteiger charge is -2.30. The third kappa shape index (κ3) is 3.98. The Kier molecular flexibility index (Phi) is 5.08. The van der Waals surface area contributed by atoms with Crippen LogP contribution in [0, 0.1) is 5.82 Å². The number of sulfonamides is 1. The van der Waals surface area contributed by atoms with Gasteiger partial charge in [-0.05, 0) is 60.7 Å². The van der Waals surface area contributed by atoms with Crippen molar-refractivity contribution in [3.05, 3.63) is 59.5 Å². The molecule has 1 saturated heterocycles. The van der Waals surface area contributed by atoms with Crippen LogP contribution in [0.1, 0.15) is 36.4 Å². The minimum Gasteiger partial charge on any atom is -0.486 e. The molecule has 6 rings (SSSR count). The van der Waals surface area contributed by atoms with Crippen LogP contribution in [0.25, 0.3) is 10.9 Å². The number of nitrogens with one attached hydrogen (secondary N) is 2. The molecule has 174 valence electrons. The summed E-state index contributed by atoms with van der Waals surface area (Å²) in [6.45, 7) is 2.18. The Labute approximate surface area is 191 Å². The molecule has 3 aliphatic rings. The first-order valence-corrected chi connectivity index (χ1v) is 12.9. The first kappa shape index (κ1) is 20.9. The van der Waals surface area contributed by atoms with Crippen molar-refractivity contribution in [2.24, 2.45) is 0 Å². The summed E-state index contributed by atoms with van der Waals surface area (Å²) < 4.78 is 54.3. The lowest BCUT2D eigenvalue weighted by Crippen LogP contribution is -2.41. The highest BCUT2D eigenvalue weighted by Crippen LogP contribution is 2.40. The zero-order valence-corrected chi connectivity index (χ0v) is 18.9. The third-order valence-corrected chi connectivity index (χ3v) is 8.75. The molecule has 0 spiro atoms. The van der Waals surface area contributed by atoms with Gasteiger partial charge in [-0.25, -0.2) is 17.5 Å². The summed E-state index contributed by atoms with van der Waals surface area (Å²) in [4.78, 5) is 5.44. The van der Waals surface area contributed by atoms with Crippen molar-refractivity contribution < 1.29 is 22.3 Å². The minimum atomic E-state index is -3.36. The Bertz CT molecular complexity index is 1300. The van der Waals surface area contributed by atoms with Crippen molar-refractivity contribution in [3.8, 4) is 11.5 Å². The molecule has 2 N–H and O–H groups in total. The van der Waals surface area contributed by atoms with E-state index in [9.17, 15) is 12.8 Å². The molecule has 7 nitrogen and oxygen atoms in total. The molecule has 3 aromatic rings. The molecular weight excluding hydrogens is 445 g/mol. The summed E-state index contributed by atoms with van der Waals surface area (Å²) in [5.74, 6) is 1.09. The number of rotatable bonds is 6. The first-order valence-electron chi connectivity index (χ1n) is 11.4. The summed E-state index contributed by atoms with van der Waals surface area (Å²) in [7, 11) is -3.36. The molecule has 1 aromatic heterocycles. The van der Waals surface area contributed by atoms with Gasteiger partial charge in [0, 0.05) is 30.7 Å². The quantitative estimate of drug-likeness (QED) is 0.575. The van der Waals surface area contributed by atoms with Crippen LogP contribution >= 0.6 is 0 Å². The van der Waals surface area contributed by atoms with E-state index in [0.29, 0.717) is 57.1 Å². The molecule has 1 saturated carbocycles. The van der Waals surface area contributed by atoms with E-state index in [0.717, 1.165) is 22.0 Å². The van der Waals surface area contributed by atoms with E-state index >= 15 is 0 Å². The number of aromatic amines is 1. The molecule has 0 bridgehead atoms. The van der Waals surface area contributed by atoms with E-state index in [1.54, 1.807) is 6.07 Å². The Hall–Kier alpha value is -2.62. The molecule has 33 heavy (non-hydrogen) atoms. The second-order valence-corrected chi connectivity index (χ2v) is 11.1. The van der Waals surface area contributed by atoms with Gasteiger partial charge in [0.1, 0.15) is 19.0 Å². The molecule has 0 unspecified atom stereocenters. The van der Waals surface area contributed by atoms with Crippen LogP contribution in [0.15, 0.2) is 42.6 Å². The number of likely N-dealkylation sites (tertiary alicyclic amines) is 1. The smallest absolute Gasteiger partial charge is 0.214 e. The van der Waals surface area contributed by atoms with Gasteiger partial charge in [-0.2, -0.15) is 0 Å². The van der Waals surface area contributed by atoms with Crippen molar-refractivity contribution in [3.63, 3.8) is 0 Å². The number of fused-ring (bicyclic) bond motifs is 2. The number of hydrogen-bond donors (Lipinski definition) is 2. The average Bonchev–Trinajstić information content (AvgIpc) is 3.46. The highest BCUT2D eigenvalue weighted by atomic mass is 32.2. The van der Waals surface area contributed by atoms with Crippen molar-refractivity contribution in [2.45, 2.75) is 43.1 Å². The van der Waals surface area contributed by atoms with Gasteiger partial charge < -0.3 is 14.5 Å². The number of nitrogens with zero attached hydrogens (tertiary/aromatic N) is 1. The fraction of sp³-hybridized carbons (Fsp3) is 0.417. The van der Waals surface area contributed by atoms with Crippen molar-refractivity contribution in [1.29, 1.82) is 0 Å². The summed E-state index contributed by atoms with van der Waals surface area (Å²) in [5, 5.41) is 0.542. The molecule has 0 radical (unpaired) electrons. The molecule has 3 heterocycles. The summed E-state index contributed by atoms with van der Waals surface area (Å²) in [5.41, 5.74) is 2.71. The van der Waals surface area contributed by atoms with E-state index < -0.39 is 10.0 Å². The summed E-state index contributed by atoms with van der Waals surface area (Å²) in [6.07, 6.45) is 3.92. The number of ether oxygens (including phenoxy) is 2. The lowest BCUT2D eigenvalue weighted by atomic mass is 9.99. The van der Waals surface area contributed by atoms with Gasteiger partial charge in [-0.15, -0.1) is 0 Å². The van der Waals surface area contributed by atoms with Crippen LogP contribution in [0.3, 0.4) is 0 Å². The monoisotopic (exact) mass is 471 g/mol. The Morgan fingerprint density at radius 1 is 1.06 bits per heavy atom. The van der Waals surface area contributed by atoms with E-state index in [1.807, 2.05) is 30.5 Å². The average molecular weight is 472 g/mol. The lowest BCUT2D eigenvalue weighted by molar-refractivity contribution is 0.170. The summed E-state index contributed by atoms with van der Waals surface area (Å²) >= 11 is 0. The molecule has 0 amide bonds. The highest BCUT2D eigenvalue weighted by molar-refractivity contribution is 7.90. The van der Waals surface area contributed by atoms with Crippen molar-refractivity contribution in [1.82, 2.24) is 14.6 Å². The van der Waals surface area contributed by atoms with Crippen molar-refractivity contribution >= 4 is 20.9 Å². The highest BCUT2D eigenvalue weighted by Gasteiger charge is 2.42. The molecule has 2 aliphatic heterocycles. The van der Waals surface area contributed by atoms with Gasteiger partial charge in [0.15, 0.2) is 11.5 Å². The second-order valence-electron chi connectivity index (χ2n) is 9.08. The van der Waals surface area contributed by atoms with Crippen LogP contribution in [0.5, 0.6) is 11.5 Å². The predicted molar refractivity (Wildman–Crippen MR) is 122 cm³/mol. The van der Waals surface area contributed by atoms with Gasteiger partial charge in [0.05, 0.1) is 16.8 Å². The second kappa shape index (κ2) is 8.00. The molecule has 1 aliphatic carbocycles. The third-order valence-electron chi connectivity index (χ3n) is 6.77. The normalized spacial score (nSPS) is 23.3. The van der Waals surface area contributed by atoms with Crippen LogP contribution in [0.2, 0.25) is 0 Å². The van der Waals surface area contributed by atoms with Crippen LogP contribution in [-0.4, -0.2) is 49.4 Å². The Morgan fingerprint density at radius 3 is 2.70 bits per heavy atom. The van der Waals surface area contributed by atoms with Gasteiger partial charge in [-0.3, -0.25) is 4.90 Å². The van der Waals surface area contributed by atoms with Gasteiger partial charge in [-0.1, -0.05) is 6.07 Å². The molecule has 2 atom stereocenters. The minimum absolute atomic E-state index is 0.206. The van der Waals surface area contributed by atoms with E-state index in [4.69, 9.17) is 9.47 Å². The first-order chi connectivity index (χ1) is 16.0. The van der Waals surface area contributed by atoms with Gasteiger partial charge in [0.25, 0.3) is 0 Å². The Morgan fingerprint density at radius 2 is 1.88 bits per heavy atom. The number of H-pyrrole nitrogens is 1. The summed E-state index contributed by atoms with van der Waals surface area (Å²) in [6, 6.07) is 10.3. The van der Waals surface area contributed by atoms with E-state index in [1.165, 1.54) is 6.07 Å². The zero-order chi connectivity index (χ0) is 22.6. The topological polar surface area (TPSA) is 83.7 Å². The van der Waals surface area contributed by atoms with Crippen LogP contribution in [0.4, 0.5) is 4.39 Å². The number of benzene rings is 2. The van der Waals surface area contributed by atoms with Crippen LogP contribution < -0.4 is 14.2 Å². The SMILES string of the molecule is O=S(=O)(N[C@H]1CCN(Cc2cc(F)cc3cc[nH]c23)[C@@H]1c1ccc2c(c1)OCCO2)C1CC1. The molecule has 2 aromatic carbocycles. The standard InChI is InChI=1S/C24H26FN3O4S/c25-18-11-15-5-7-26-23(15)17(12-18)14-28-8-6-20(27-33(29,30)19-2-3-19)24(28)16-1-4-21-22(13-16)32-10-9-31-21/h1,4-5,7,11-13,19-20,24,26-27H,2-3,6,8-10,14H2/t20-,24+/m0/s1. The fourth-order valence-electron chi connectivity index (χ4n) is 5.08. The van der Waals surface area contributed by atoms with Gasteiger partial charge >= 0.3 is 0 Å². The maximum absolute atomic E-state index is 14.3. The molecule has 9 heteroatoms. The largest absolute Gasteiger partial charge is 0.486 e. The number of aromatic nitrogens is 1. The maximum atomic E-state index is 14.3. The number of hydrogen-bond acceptors (Lipinski definition) is 5. The van der Waals surface area contributed by atoms with E-state index in [-0.39, 0.29) is 23.2 Å². The van der Waals surface area contributed by atoms with E-state index in [2.05, 4.69) is 14.6 Å². The number of halogens is 1. The van der Waals surface area contributed by atoms with Crippen LogP contribution in [-0.2, 0) is 16.6 Å². The van der Waals surface area contributed by atoms with Crippen molar-refractivity contribution in [2.75, 3.05) is 19.8 Å². The fourth-order valence-corrected chi connectivity index (χ4v) is 6.70. The Balaban J connectivity index is 1.36.